The molecule has 0 fully saturated rings. The molecule has 2 aliphatic rings. The van der Waals surface area contributed by atoms with Crippen molar-refractivity contribution in [2.24, 2.45) is 16.0 Å². The molecule has 0 unspecified atom stereocenters. The van der Waals surface area contributed by atoms with Crippen LogP contribution in [0.3, 0.4) is 0 Å². The largest absolute Gasteiger partial charge is 0.457 e. The first-order valence-electron chi connectivity index (χ1n) is 8.79. The third kappa shape index (κ3) is 3.55. The highest BCUT2D eigenvalue weighted by Gasteiger charge is 2.36. The zero-order valence-corrected chi connectivity index (χ0v) is 17.3. The summed E-state index contributed by atoms with van der Waals surface area (Å²) in [7, 11) is 0. The fourth-order valence-corrected chi connectivity index (χ4v) is 3.94. The fraction of sp³-hybridized carbons (Fsp3) is 0.158. The zero-order chi connectivity index (χ0) is 21.6. The predicted octanol–water partition coefficient (Wildman–Crippen LogP) is 4.78. The average Bonchev–Trinajstić information content (AvgIpc) is 3.32. The second-order valence-corrected chi connectivity index (χ2v) is 8.13. The van der Waals surface area contributed by atoms with Gasteiger partial charge in [-0.25, -0.2) is 0 Å². The van der Waals surface area contributed by atoms with Crippen molar-refractivity contribution in [2.45, 2.75) is 13.8 Å². The summed E-state index contributed by atoms with van der Waals surface area (Å²) in [5.41, 5.74) is 0.389. The lowest BCUT2D eigenvalue weighted by Crippen LogP contribution is -2.35. The first-order valence-corrected chi connectivity index (χ1v) is 9.98. The van der Waals surface area contributed by atoms with E-state index in [1.807, 2.05) is 13.8 Å². The van der Waals surface area contributed by atoms with Gasteiger partial charge in [0.05, 0.1) is 15.5 Å². The maximum atomic E-state index is 12.4. The van der Waals surface area contributed by atoms with Crippen LogP contribution in [0.25, 0.3) is 17.4 Å². The number of rotatable bonds is 4. The summed E-state index contributed by atoms with van der Waals surface area (Å²) in [5.74, 6) is 0.200. The standard InChI is InChI=1S/C19H14ClN5O4S/c1-9(2)18-23-24-16(21)13(17(26)22-19(24)30-18)8-11-4-6-15(29-11)12-5-3-10(25(27)28)7-14(12)20/h3-9,21H,1-2H3. The summed E-state index contributed by atoms with van der Waals surface area (Å²) >= 11 is 7.42. The minimum absolute atomic E-state index is 0.0452. The van der Waals surface area contributed by atoms with E-state index in [4.69, 9.17) is 21.4 Å². The maximum absolute atomic E-state index is 12.4. The first kappa shape index (κ1) is 20.0. The number of amidine groups is 2. The highest BCUT2D eigenvalue weighted by atomic mass is 35.5. The van der Waals surface area contributed by atoms with Gasteiger partial charge in [-0.1, -0.05) is 25.4 Å². The van der Waals surface area contributed by atoms with Crippen LogP contribution in [-0.4, -0.2) is 31.9 Å². The number of aliphatic imine (C=N–C) groups is 1. The van der Waals surface area contributed by atoms with Crippen LogP contribution in [0.4, 0.5) is 5.69 Å². The number of hydrogen-bond acceptors (Lipinski definition) is 7. The van der Waals surface area contributed by atoms with Crippen molar-refractivity contribution >= 4 is 57.1 Å². The molecule has 1 aromatic carbocycles. The first-order chi connectivity index (χ1) is 14.2. The average molecular weight is 444 g/mol. The van der Waals surface area contributed by atoms with E-state index in [9.17, 15) is 14.9 Å². The molecular weight excluding hydrogens is 430 g/mol. The van der Waals surface area contributed by atoms with Gasteiger partial charge in [-0.2, -0.15) is 15.1 Å². The number of carbonyl (C=O) groups is 1. The SMILES string of the molecule is CC(C)C1=NN2C(=N)C(=Cc3ccc(-c4ccc([N+](=O)[O-])cc4Cl)o3)C(=O)N=C2S1. The van der Waals surface area contributed by atoms with Crippen LogP contribution in [-0.2, 0) is 4.79 Å². The molecule has 0 bridgehead atoms. The van der Waals surface area contributed by atoms with E-state index in [1.165, 1.54) is 41.0 Å². The Morgan fingerprint density at radius 2 is 2.10 bits per heavy atom. The number of hydrogen-bond donors (Lipinski definition) is 1. The number of hydrazone groups is 1. The van der Waals surface area contributed by atoms with Crippen molar-refractivity contribution in [1.82, 2.24) is 5.01 Å². The van der Waals surface area contributed by atoms with E-state index in [0.717, 1.165) is 5.04 Å². The van der Waals surface area contributed by atoms with E-state index in [-0.39, 0.29) is 28.0 Å². The molecule has 152 valence electrons. The second-order valence-electron chi connectivity index (χ2n) is 6.74. The number of halogens is 1. The number of thioether (sulfide) groups is 1. The molecule has 0 aliphatic carbocycles. The highest BCUT2D eigenvalue weighted by Crippen LogP contribution is 2.34. The number of nitrogens with one attached hydrogen (secondary N) is 1. The van der Waals surface area contributed by atoms with Crippen molar-refractivity contribution in [3.63, 3.8) is 0 Å². The number of nitro groups is 1. The minimum atomic E-state index is -0.551. The van der Waals surface area contributed by atoms with Crippen LogP contribution in [0.5, 0.6) is 0 Å². The normalized spacial score (nSPS) is 17.5. The third-order valence-electron chi connectivity index (χ3n) is 4.31. The summed E-state index contributed by atoms with van der Waals surface area (Å²) < 4.78 is 5.73. The van der Waals surface area contributed by atoms with Crippen molar-refractivity contribution < 1.29 is 14.1 Å². The Morgan fingerprint density at radius 1 is 1.33 bits per heavy atom. The Balaban J connectivity index is 1.64. The molecule has 30 heavy (non-hydrogen) atoms. The number of nitro benzene ring substituents is 1. The molecule has 3 heterocycles. The van der Waals surface area contributed by atoms with Gasteiger partial charge >= 0.3 is 0 Å². The molecule has 11 heteroatoms. The van der Waals surface area contributed by atoms with Gasteiger partial charge in [0, 0.05) is 23.6 Å². The van der Waals surface area contributed by atoms with Crippen molar-refractivity contribution in [2.75, 3.05) is 0 Å². The summed E-state index contributed by atoms with van der Waals surface area (Å²) in [6.45, 7) is 3.95. The lowest BCUT2D eigenvalue weighted by atomic mass is 10.1. The van der Waals surface area contributed by atoms with Gasteiger partial charge in [-0.3, -0.25) is 20.3 Å². The number of carbonyl (C=O) groups excluding carboxylic acids is 1. The zero-order valence-electron chi connectivity index (χ0n) is 15.7. The Bertz CT molecular complexity index is 1200. The Hall–Kier alpha value is -3.24. The van der Waals surface area contributed by atoms with E-state index in [0.29, 0.717) is 22.3 Å². The van der Waals surface area contributed by atoms with Crippen molar-refractivity contribution in [3.8, 4) is 11.3 Å². The minimum Gasteiger partial charge on any atom is -0.457 e. The molecule has 2 aromatic rings. The Kier molecular flexibility index (Phi) is 5.04. The quantitative estimate of drug-likeness (QED) is 0.411. The number of fused-ring (bicyclic) bond motifs is 1. The molecule has 2 aliphatic heterocycles. The number of benzene rings is 1. The Morgan fingerprint density at radius 3 is 2.77 bits per heavy atom. The predicted molar refractivity (Wildman–Crippen MR) is 116 cm³/mol. The second kappa shape index (κ2) is 7.54. The number of non-ortho nitro benzene ring substituents is 1. The van der Waals surface area contributed by atoms with Crippen LogP contribution >= 0.6 is 23.4 Å². The third-order valence-corrected chi connectivity index (χ3v) is 5.83. The molecule has 4 rings (SSSR count). The summed E-state index contributed by atoms with van der Waals surface area (Å²) in [6.07, 6.45) is 1.42. The molecular formula is C19H14ClN5O4S. The van der Waals surface area contributed by atoms with Gasteiger partial charge in [0.2, 0.25) is 5.17 Å². The molecule has 1 aromatic heterocycles. The molecule has 9 nitrogen and oxygen atoms in total. The molecule has 0 radical (unpaired) electrons. The molecule has 1 amide bonds. The van der Waals surface area contributed by atoms with Crippen molar-refractivity contribution in [1.29, 1.82) is 5.41 Å². The summed E-state index contributed by atoms with van der Waals surface area (Å²) in [4.78, 5) is 26.8. The van der Waals surface area contributed by atoms with E-state index in [1.54, 1.807) is 12.1 Å². The number of furan rings is 1. The van der Waals surface area contributed by atoms with Crippen molar-refractivity contribution in [3.05, 3.63) is 56.8 Å². The van der Waals surface area contributed by atoms with Crippen LogP contribution in [0.1, 0.15) is 19.6 Å². The molecule has 0 spiro atoms. The Labute approximate surface area is 179 Å². The van der Waals surface area contributed by atoms with Crippen LogP contribution in [0.15, 0.2) is 50.4 Å². The topological polar surface area (TPSA) is 125 Å². The van der Waals surface area contributed by atoms with Gasteiger partial charge in [0.1, 0.15) is 16.6 Å². The van der Waals surface area contributed by atoms with E-state index < -0.39 is 10.8 Å². The molecule has 0 atom stereocenters. The van der Waals surface area contributed by atoms with Crippen LogP contribution in [0.2, 0.25) is 5.02 Å². The monoisotopic (exact) mass is 443 g/mol. The van der Waals surface area contributed by atoms with Gasteiger partial charge < -0.3 is 4.42 Å². The molecule has 1 N–H and O–H groups in total. The van der Waals surface area contributed by atoms with Gasteiger partial charge in [-0.05, 0) is 36.0 Å². The number of nitrogens with zero attached hydrogens (tertiary/aromatic N) is 4. The molecule has 0 saturated carbocycles. The van der Waals surface area contributed by atoms with Gasteiger partial charge in [0.25, 0.3) is 11.6 Å². The van der Waals surface area contributed by atoms with E-state index >= 15 is 0 Å². The van der Waals surface area contributed by atoms with Gasteiger partial charge in [-0.15, -0.1) is 0 Å². The fourth-order valence-electron chi connectivity index (χ4n) is 2.78. The van der Waals surface area contributed by atoms with Crippen LogP contribution < -0.4 is 0 Å². The number of amides is 1. The smallest absolute Gasteiger partial charge is 0.283 e. The van der Waals surface area contributed by atoms with Gasteiger partial charge in [0.15, 0.2) is 5.84 Å². The summed E-state index contributed by atoms with van der Waals surface area (Å²) in [5, 5.41) is 26.2. The lowest BCUT2D eigenvalue weighted by Gasteiger charge is -2.19. The summed E-state index contributed by atoms with van der Waals surface area (Å²) in [6, 6.07) is 7.30. The highest BCUT2D eigenvalue weighted by molar-refractivity contribution is 8.27. The van der Waals surface area contributed by atoms with E-state index in [2.05, 4.69) is 10.1 Å². The molecule has 0 saturated heterocycles. The lowest BCUT2D eigenvalue weighted by molar-refractivity contribution is -0.384. The van der Waals surface area contributed by atoms with Crippen LogP contribution in [0, 0.1) is 21.4 Å². The maximum Gasteiger partial charge on any atom is 0.283 e.